The molecule has 0 unspecified atom stereocenters. The van der Waals surface area contributed by atoms with Gasteiger partial charge in [0, 0.05) is 35.2 Å². The second-order valence-electron chi connectivity index (χ2n) is 22.6. The van der Waals surface area contributed by atoms with Crippen LogP contribution in [0.2, 0.25) is 5.02 Å². The number of carbonyl (C=O) groups is 4. The molecule has 5 saturated carbocycles. The summed E-state index contributed by atoms with van der Waals surface area (Å²) in [5, 5.41) is 25.6. The molecule has 0 radical (unpaired) electrons. The van der Waals surface area contributed by atoms with Crippen molar-refractivity contribution in [2.24, 2.45) is 68.0 Å². The number of aliphatic hydroxyl groups excluding tert-OH is 1. The Hall–Kier alpha value is -2.95. The van der Waals surface area contributed by atoms with Crippen LogP contribution in [0.5, 0.6) is 5.75 Å². The van der Waals surface area contributed by atoms with Gasteiger partial charge < -0.3 is 29.7 Å². The molecule has 1 aromatic rings. The predicted octanol–water partition coefficient (Wildman–Crippen LogP) is 9.24. The second kappa shape index (κ2) is 15.4. The lowest BCUT2D eigenvalue weighted by molar-refractivity contribution is -0.238. The van der Waals surface area contributed by atoms with Gasteiger partial charge in [-0.2, -0.15) is 0 Å². The van der Waals surface area contributed by atoms with Crippen LogP contribution in [-0.2, 0) is 23.9 Å². The standard InChI is InChI=1S/C50H70ClNO9/c1-27(2)40-34(53)24-50(38(54)25-52-42(55)30-11-10-28(51)22-35(30)60-29-16-21-59-26-29)20-19-48(8)31(41(40)50)12-13-37-47(7)17-15-39(46(5,6)36(47)14-18-49(37,48)9)61-44(58)33-23-32(43(56)57)45(33,3)4/h10-11,22,27,29,31-33,36-39,54H,12-21,23-26H2,1-9H3,(H,52,55)(H,56,57)/t29-,31+,32-,33+,36-,37+,38-,39-,47-,48+,49+,50-/m0/s1. The van der Waals surface area contributed by atoms with Gasteiger partial charge in [0.15, 0.2) is 5.78 Å². The van der Waals surface area contributed by atoms with Crippen LogP contribution in [-0.4, -0.2) is 71.9 Å². The molecule has 7 aliphatic rings. The fourth-order valence-corrected chi connectivity index (χ4v) is 15.5. The number of aliphatic hydroxyl groups is 1. The summed E-state index contributed by atoms with van der Waals surface area (Å²) in [5.41, 5.74) is 0.648. The van der Waals surface area contributed by atoms with E-state index in [4.69, 9.17) is 25.8 Å². The molecule has 1 aromatic carbocycles. The molecule has 0 aromatic heterocycles. The summed E-state index contributed by atoms with van der Waals surface area (Å²) in [4.78, 5) is 53.5. The molecular weight excluding hydrogens is 794 g/mol. The van der Waals surface area contributed by atoms with Crippen LogP contribution in [0, 0.1) is 68.0 Å². The van der Waals surface area contributed by atoms with Crippen molar-refractivity contribution in [3.8, 4) is 5.75 Å². The summed E-state index contributed by atoms with van der Waals surface area (Å²) < 4.78 is 18.1. The monoisotopic (exact) mass is 863 g/mol. The number of ether oxygens (including phenoxy) is 3. The van der Waals surface area contributed by atoms with E-state index in [1.165, 1.54) is 0 Å². The van der Waals surface area contributed by atoms with Crippen LogP contribution < -0.4 is 10.1 Å². The number of allylic oxidation sites excluding steroid dienone is 1. The maximum atomic E-state index is 14.2. The highest BCUT2D eigenvalue weighted by molar-refractivity contribution is 6.30. The number of fused-ring (bicyclic) bond motifs is 7. The van der Waals surface area contributed by atoms with E-state index >= 15 is 0 Å². The molecule has 10 nitrogen and oxygen atoms in total. The van der Waals surface area contributed by atoms with Crippen molar-refractivity contribution in [3.63, 3.8) is 0 Å². The van der Waals surface area contributed by atoms with Crippen LogP contribution in [0.15, 0.2) is 29.3 Å². The average molecular weight is 865 g/mol. The SMILES string of the molecule is CC(C)C1=C2[C@H]3CC[C@@H]4[C@@]5(C)CC[C@H](OC(=O)[C@H]6C[C@@H](C(=O)O)C6(C)C)C(C)(C)[C@@H]5CC[C@@]4(C)[C@]3(C)CC[C@@]2([C@@H](O)CNC(=O)c2ccc(Cl)cc2O[C@H]2CCOC2)CC1=O. The minimum Gasteiger partial charge on any atom is -0.487 e. The molecule has 1 heterocycles. The number of esters is 1. The Morgan fingerprint density at radius 1 is 0.902 bits per heavy atom. The minimum atomic E-state index is -0.950. The van der Waals surface area contributed by atoms with Crippen molar-refractivity contribution >= 4 is 35.2 Å². The molecule has 12 atom stereocenters. The van der Waals surface area contributed by atoms with Gasteiger partial charge in [0.05, 0.1) is 36.7 Å². The number of nitrogens with one attached hydrogen (secondary N) is 1. The van der Waals surface area contributed by atoms with E-state index in [2.05, 4.69) is 53.8 Å². The number of rotatable bonds is 10. The molecule has 6 aliphatic carbocycles. The van der Waals surface area contributed by atoms with Crippen LogP contribution in [0.1, 0.15) is 143 Å². The molecule has 0 bridgehead atoms. The Labute approximate surface area is 367 Å². The molecule has 0 spiro atoms. The van der Waals surface area contributed by atoms with Crippen molar-refractivity contribution in [2.75, 3.05) is 19.8 Å². The van der Waals surface area contributed by atoms with Gasteiger partial charge >= 0.3 is 11.9 Å². The minimum absolute atomic E-state index is 0.0118. The third-order valence-electron chi connectivity index (χ3n) is 19.0. The predicted molar refractivity (Wildman–Crippen MR) is 232 cm³/mol. The van der Waals surface area contributed by atoms with E-state index in [0.29, 0.717) is 54.2 Å². The maximum absolute atomic E-state index is 14.2. The lowest BCUT2D eigenvalue weighted by Gasteiger charge is -2.72. The van der Waals surface area contributed by atoms with Crippen LogP contribution >= 0.6 is 11.6 Å². The number of benzene rings is 1. The fraction of sp³-hybridized carbons (Fsp3) is 0.760. The van der Waals surface area contributed by atoms with Crippen LogP contribution in [0.3, 0.4) is 0 Å². The Morgan fingerprint density at radius 2 is 1.64 bits per heavy atom. The molecular formula is C50H70ClNO9. The van der Waals surface area contributed by atoms with Crippen molar-refractivity contribution in [1.82, 2.24) is 5.32 Å². The van der Waals surface area contributed by atoms with Crippen molar-refractivity contribution in [2.45, 2.75) is 151 Å². The first-order chi connectivity index (χ1) is 28.5. The van der Waals surface area contributed by atoms with E-state index in [1.54, 1.807) is 18.2 Å². The molecule has 1 amide bonds. The highest BCUT2D eigenvalue weighted by atomic mass is 35.5. The van der Waals surface area contributed by atoms with E-state index in [9.17, 15) is 29.4 Å². The first-order valence-electron chi connectivity index (χ1n) is 23.2. The quantitative estimate of drug-likeness (QED) is 0.196. The summed E-state index contributed by atoms with van der Waals surface area (Å²) in [5.74, 6) is -0.944. The molecule has 336 valence electrons. The number of aliphatic carboxylic acids is 1. The zero-order valence-corrected chi connectivity index (χ0v) is 38.7. The molecule has 11 heteroatoms. The summed E-state index contributed by atoms with van der Waals surface area (Å²) in [6.45, 7) is 21.1. The highest BCUT2D eigenvalue weighted by Gasteiger charge is 2.71. The number of carboxylic acids is 1. The summed E-state index contributed by atoms with van der Waals surface area (Å²) >= 11 is 6.33. The van der Waals surface area contributed by atoms with Gasteiger partial charge in [0.1, 0.15) is 18.0 Å². The number of carboxylic acid groups (broad SMARTS) is 1. The van der Waals surface area contributed by atoms with Gasteiger partial charge in [-0.05, 0) is 127 Å². The summed E-state index contributed by atoms with van der Waals surface area (Å²) in [6, 6.07) is 4.97. The van der Waals surface area contributed by atoms with Gasteiger partial charge in [-0.25, -0.2) is 0 Å². The lowest BCUT2D eigenvalue weighted by atomic mass is 9.33. The van der Waals surface area contributed by atoms with E-state index in [0.717, 1.165) is 62.5 Å². The van der Waals surface area contributed by atoms with Crippen molar-refractivity contribution in [1.29, 1.82) is 0 Å². The first kappa shape index (κ1) is 44.6. The zero-order chi connectivity index (χ0) is 44.2. The van der Waals surface area contributed by atoms with Crippen molar-refractivity contribution in [3.05, 3.63) is 39.9 Å². The summed E-state index contributed by atoms with van der Waals surface area (Å²) in [7, 11) is 0. The number of halogens is 1. The smallest absolute Gasteiger partial charge is 0.309 e. The van der Waals surface area contributed by atoms with E-state index < -0.39 is 34.7 Å². The molecule has 1 aliphatic heterocycles. The van der Waals surface area contributed by atoms with Crippen molar-refractivity contribution < 1.29 is 43.6 Å². The van der Waals surface area contributed by atoms with Crippen LogP contribution in [0.4, 0.5) is 0 Å². The molecule has 1 saturated heterocycles. The number of hydrogen-bond acceptors (Lipinski definition) is 8. The topological polar surface area (TPSA) is 148 Å². The van der Waals surface area contributed by atoms with E-state index in [1.807, 2.05) is 13.8 Å². The number of hydrogen-bond donors (Lipinski definition) is 3. The van der Waals surface area contributed by atoms with Gasteiger partial charge in [0.2, 0.25) is 0 Å². The Kier molecular flexibility index (Phi) is 11.2. The van der Waals surface area contributed by atoms with Gasteiger partial charge in [-0.1, -0.05) is 79.5 Å². The average Bonchev–Trinajstić information content (AvgIpc) is 3.80. The van der Waals surface area contributed by atoms with Gasteiger partial charge in [-0.3, -0.25) is 19.2 Å². The summed E-state index contributed by atoms with van der Waals surface area (Å²) in [6.07, 6.45) is 7.30. The second-order valence-corrected chi connectivity index (χ2v) is 23.0. The Bertz CT molecular complexity index is 2000. The Balaban J connectivity index is 1.02. The normalized spacial score (nSPS) is 40.2. The fourth-order valence-electron chi connectivity index (χ4n) is 15.3. The number of carbonyl (C=O) groups excluding carboxylic acids is 3. The first-order valence-corrected chi connectivity index (χ1v) is 23.6. The number of amides is 1. The highest BCUT2D eigenvalue weighted by Crippen LogP contribution is 2.77. The molecule has 61 heavy (non-hydrogen) atoms. The Morgan fingerprint density at radius 3 is 2.30 bits per heavy atom. The zero-order valence-electron chi connectivity index (χ0n) is 38.0. The molecule has 3 N–H and O–H groups in total. The number of Topliss-reactive ketones (excluding diaryl/α,β-unsaturated/α-hetero) is 1. The van der Waals surface area contributed by atoms with E-state index in [-0.39, 0.29) is 76.3 Å². The van der Waals surface area contributed by atoms with Gasteiger partial charge in [-0.15, -0.1) is 0 Å². The largest absolute Gasteiger partial charge is 0.487 e. The molecule has 8 rings (SSSR count). The van der Waals surface area contributed by atoms with Gasteiger partial charge in [0.25, 0.3) is 5.91 Å². The lowest BCUT2D eigenvalue weighted by Crippen LogP contribution is -2.66. The van der Waals surface area contributed by atoms with Crippen LogP contribution in [0.25, 0.3) is 0 Å². The maximum Gasteiger partial charge on any atom is 0.309 e. The third kappa shape index (κ3) is 6.75. The third-order valence-corrected chi connectivity index (χ3v) is 19.2. The molecule has 6 fully saturated rings. The number of ketones is 1.